The number of para-hydroxylation sites is 1. The summed E-state index contributed by atoms with van der Waals surface area (Å²) in [5.41, 5.74) is 0. The van der Waals surface area contributed by atoms with Crippen molar-refractivity contribution in [2.24, 2.45) is 0 Å². The normalized spacial score (nSPS) is 10.4. The quantitative estimate of drug-likeness (QED) is 0.821. The Bertz CT molecular complexity index is 470. The van der Waals surface area contributed by atoms with Crippen molar-refractivity contribution >= 4 is 11.6 Å². The number of aryl methyl sites for hydroxylation is 1. The highest BCUT2D eigenvalue weighted by Gasteiger charge is 2.05. The molecule has 0 N–H and O–H groups in total. The molecule has 0 saturated carbocycles. The number of rotatable bonds is 4. The Morgan fingerprint density at radius 1 is 1.38 bits per heavy atom. The summed E-state index contributed by atoms with van der Waals surface area (Å²) < 4.78 is 7.36. The van der Waals surface area contributed by atoms with Gasteiger partial charge in [-0.25, -0.2) is 9.67 Å². The molecule has 4 nitrogen and oxygen atoms in total. The summed E-state index contributed by atoms with van der Waals surface area (Å²) in [5.74, 6) is 1.46. The van der Waals surface area contributed by atoms with Gasteiger partial charge in [0.05, 0.1) is 5.02 Å². The monoisotopic (exact) mass is 237 g/mol. The van der Waals surface area contributed by atoms with Crippen LogP contribution >= 0.6 is 11.6 Å². The van der Waals surface area contributed by atoms with Gasteiger partial charge in [-0.2, -0.15) is 5.10 Å². The molecule has 0 unspecified atom stereocenters. The Hall–Kier alpha value is -1.55. The van der Waals surface area contributed by atoms with Gasteiger partial charge in [0.1, 0.15) is 18.7 Å². The molecular formula is C11H12ClN3O. The average Bonchev–Trinajstić information content (AvgIpc) is 2.75. The van der Waals surface area contributed by atoms with Gasteiger partial charge in [0.2, 0.25) is 0 Å². The van der Waals surface area contributed by atoms with Crippen LogP contribution in [0.1, 0.15) is 12.7 Å². The molecule has 0 aliphatic heterocycles. The van der Waals surface area contributed by atoms with Crippen molar-refractivity contribution in [3.63, 3.8) is 0 Å². The average molecular weight is 238 g/mol. The predicted octanol–water partition coefficient (Wildman–Crippen LogP) is 2.53. The number of nitrogens with zero attached hydrogens (tertiary/aromatic N) is 3. The summed E-state index contributed by atoms with van der Waals surface area (Å²) in [7, 11) is 0. The molecule has 1 heterocycles. The fourth-order valence-corrected chi connectivity index (χ4v) is 1.56. The third-order valence-corrected chi connectivity index (χ3v) is 2.50. The fourth-order valence-electron chi connectivity index (χ4n) is 1.37. The molecule has 1 aromatic heterocycles. The van der Waals surface area contributed by atoms with E-state index in [1.165, 1.54) is 6.33 Å². The Morgan fingerprint density at radius 2 is 2.19 bits per heavy atom. The van der Waals surface area contributed by atoms with Crippen molar-refractivity contribution in [2.45, 2.75) is 20.1 Å². The van der Waals surface area contributed by atoms with Gasteiger partial charge in [-0.3, -0.25) is 0 Å². The van der Waals surface area contributed by atoms with Gasteiger partial charge in [-0.1, -0.05) is 23.7 Å². The van der Waals surface area contributed by atoms with Crippen LogP contribution in [-0.4, -0.2) is 14.8 Å². The second kappa shape index (κ2) is 4.99. The van der Waals surface area contributed by atoms with Crippen molar-refractivity contribution < 1.29 is 4.74 Å². The zero-order valence-electron chi connectivity index (χ0n) is 8.93. The molecule has 0 aliphatic rings. The summed E-state index contributed by atoms with van der Waals surface area (Å²) in [5, 5.41) is 4.66. The van der Waals surface area contributed by atoms with E-state index in [9.17, 15) is 0 Å². The molecule has 5 heteroatoms. The second-order valence-corrected chi connectivity index (χ2v) is 3.62. The van der Waals surface area contributed by atoms with Crippen LogP contribution in [0.2, 0.25) is 5.02 Å². The SMILES string of the molecule is CCn1ncnc1COc1ccccc1Cl. The maximum Gasteiger partial charge on any atom is 0.164 e. The van der Waals surface area contributed by atoms with Crippen LogP contribution in [0.3, 0.4) is 0 Å². The van der Waals surface area contributed by atoms with Gasteiger partial charge in [-0.05, 0) is 19.1 Å². The lowest BCUT2D eigenvalue weighted by Gasteiger charge is -2.07. The molecule has 0 atom stereocenters. The van der Waals surface area contributed by atoms with E-state index in [4.69, 9.17) is 16.3 Å². The maximum absolute atomic E-state index is 5.97. The highest BCUT2D eigenvalue weighted by molar-refractivity contribution is 6.32. The number of ether oxygens (including phenoxy) is 1. The van der Waals surface area contributed by atoms with E-state index < -0.39 is 0 Å². The van der Waals surface area contributed by atoms with Crippen LogP contribution in [0, 0.1) is 0 Å². The second-order valence-electron chi connectivity index (χ2n) is 3.21. The van der Waals surface area contributed by atoms with Crippen molar-refractivity contribution in [1.29, 1.82) is 0 Å². The molecule has 0 radical (unpaired) electrons. The first-order chi connectivity index (χ1) is 7.81. The van der Waals surface area contributed by atoms with Gasteiger partial charge in [-0.15, -0.1) is 0 Å². The molecule has 2 rings (SSSR count). The molecule has 0 aliphatic carbocycles. The van der Waals surface area contributed by atoms with E-state index in [1.807, 2.05) is 25.1 Å². The highest BCUT2D eigenvalue weighted by atomic mass is 35.5. The molecule has 1 aromatic carbocycles. The number of benzene rings is 1. The Kier molecular flexibility index (Phi) is 3.41. The van der Waals surface area contributed by atoms with E-state index in [-0.39, 0.29) is 0 Å². The number of aromatic nitrogens is 3. The number of hydrogen-bond acceptors (Lipinski definition) is 3. The van der Waals surface area contributed by atoms with Gasteiger partial charge < -0.3 is 4.74 Å². The standard InChI is InChI=1S/C11H12ClN3O/c1-2-15-11(13-8-14-15)7-16-10-6-4-3-5-9(10)12/h3-6,8H,2,7H2,1H3. The topological polar surface area (TPSA) is 39.9 Å². The fraction of sp³-hybridized carbons (Fsp3) is 0.273. The van der Waals surface area contributed by atoms with Crippen molar-refractivity contribution in [2.75, 3.05) is 0 Å². The first-order valence-electron chi connectivity index (χ1n) is 5.05. The van der Waals surface area contributed by atoms with Gasteiger partial charge in [0.25, 0.3) is 0 Å². The third kappa shape index (κ3) is 2.33. The van der Waals surface area contributed by atoms with Crippen molar-refractivity contribution in [3.8, 4) is 5.75 Å². The van der Waals surface area contributed by atoms with Crippen LogP contribution in [0.4, 0.5) is 0 Å². The third-order valence-electron chi connectivity index (χ3n) is 2.19. The first-order valence-corrected chi connectivity index (χ1v) is 5.43. The van der Waals surface area contributed by atoms with E-state index in [0.717, 1.165) is 12.4 Å². The van der Waals surface area contributed by atoms with Gasteiger partial charge in [0, 0.05) is 6.54 Å². The van der Waals surface area contributed by atoms with Crippen molar-refractivity contribution in [1.82, 2.24) is 14.8 Å². The molecule has 16 heavy (non-hydrogen) atoms. The Labute approximate surface area is 98.8 Å². The minimum absolute atomic E-state index is 0.373. The van der Waals surface area contributed by atoms with Crippen LogP contribution in [-0.2, 0) is 13.2 Å². The largest absolute Gasteiger partial charge is 0.484 e. The van der Waals surface area contributed by atoms with E-state index in [2.05, 4.69) is 10.1 Å². The van der Waals surface area contributed by atoms with Gasteiger partial charge >= 0.3 is 0 Å². The summed E-state index contributed by atoms with van der Waals surface area (Å²) >= 11 is 5.97. The van der Waals surface area contributed by atoms with Crippen LogP contribution in [0.15, 0.2) is 30.6 Å². The number of hydrogen-bond donors (Lipinski definition) is 0. The van der Waals surface area contributed by atoms with Crippen molar-refractivity contribution in [3.05, 3.63) is 41.4 Å². The van der Waals surface area contributed by atoms with Gasteiger partial charge in [0.15, 0.2) is 5.82 Å². The van der Waals surface area contributed by atoms with E-state index in [0.29, 0.717) is 17.4 Å². The summed E-state index contributed by atoms with van der Waals surface area (Å²) in [6.45, 7) is 3.16. The molecule has 84 valence electrons. The van der Waals surface area contributed by atoms with E-state index in [1.54, 1.807) is 10.7 Å². The minimum Gasteiger partial charge on any atom is -0.484 e. The summed E-state index contributed by atoms with van der Waals surface area (Å²) in [4.78, 5) is 4.12. The maximum atomic E-state index is 5.97. The molecule has 0 saturated heterocycles. The lowest BCUT2D eigenvalue weighted by Crippen LogP contribution is -2.07. The Morgan fingerprint density at radius 3 is 2.94 bits per heavy atom. The van der Waals surface area contributed by atoms with Crippen LogP contribution in [0.25, 0.3) is 0 Å². The molecule has 0 amide bonds. The predicted molar refractivity (Wildman–Crippen MR) is 61.5 cm³/mol. The van der Waals surface area contributed by atoms with Crippen LogP contribution < -0.4 is 4.74 Å². The molecule has 0 fully saturated rings. The molecule has 2 aromatic rings. The summed E-state index contributed by atoms with van der Waals surface area (Å²) in [6.07, 6.45) is 1.52. The number of halogens is 1. The smallest absolute Gasteiger partial charge is 0.164 e. The lowest BCUT2D eigenvalue weighted by molar-refractivity contribution is 0.287. The minimum atomic E-state index is 0.373. The Balaban J connectivity index is 2.05. The van der Waals surface area contributed by atoms with E-state index >= 15 is 0 Å². The molecule has 0 bridgehead atoms. The molecular weight excluding hydrogens is 226 g/mol. The van der Waals surface area contributed by atoms with Crippen LogP contribution in [0.5, 0.6) is 5.75 Å². The zero-order chi connectivity index (χ0) is 11.4. The zero-order valence-corrected chi connectivity index (χ0v) is 9.68. The first kappa shape index (κ1) is 11.0. The summed E-state index contributed by atoms with van der Waals surface area (Å²) in [6, 6.07) is 7.37. The lowest BCUT2D eigenvalue weighted by atomic mass is 10.3. The molecule has 0 spiro atoms. The highest BCUT2D eigenvalue weighted by Crippen LogP contribution is 2.23.